The number of furan rings is 1. The molecule has 1 saturated carbocycles. The van der Waals surface area contributed by atoms with Crippen molar-refractivity contribution in [3.05, 3.63) is 24.1 Å². The van der Waals surface area contributed by atoms with E-state index in [1.165, 1.54) is 6.42 Å². The minimum atomic E-state index is -0.947. The molecule has 0 bridgehead atoms. The van der Waals surface area contributed by atoms with Crippen LogP contribution in [0, 0.1) is 0 Å². The zero-order valence-electron chi connectivity index (χ0n) is 18.3. The maximum atomic E-state index is 13.6. The van der Waals surface area contributed by atoms with E-state index in [1.807, 2.05) is 17.6 Å². The van der Waals surface area contributed by atoms with Gasteiger partial charge in [0.1, 0.15) is 11.2 Å². The second-order valence-corrected chi connectivity index (χ2v) is 9.28. The molecule has 168 valence electrons. The van der Waals surface area contributed by atoms with Crippen LogP contribution in [-0.2, 0) is 16.1 Å². The summed E-state index contributed by atoms with van der Waals surface area (Å²) >= 11 is 0. The molecule has 1 N–H and O–H groups in total. The molecule has 0 aromatic carbocycles. The summed E-state index contributed by atoms with van der Waals surface area (Å²) in [5.74, 6) is -0.155. The van der Waals surface area contributed by atoms with Crippen LogP contribution >= 0.6 is 0 Å². The maximum absolute atomic E-state index is 13.6. The van der Waals surface area contributed by atoms with Gasteiger partial charge in [-0.25, -0.2) is 0 Å². The molecule has 3 aliphatic rings. The van der Waals surface area contributed by atoms with Crippen molar-refractivity contribution in [3.8, 4) is 0 Å². The number of carbonyl (C=O) groups is 2. The van der Waals surface area contributed by atoms with E-state index in [2.05, 4.69) is 10.2 Å². The van der Waals surface area contributed by atoms with Gasteiger partial charge in [-0.1, -0.05) is 19.3 Å². The lowest BCUT2D eigenvalue weighted by Gasteiger charge is -2.45. The lowest BCUT2D eigenvalue weighted by atomic mass is 9.91. The summed E-state index contributed by atoms with van der Waals surface area (Å²) in [4.78, 5) is 31.3. The van der Waals surface area contributed by atoms with E-state index in [0.717, 1.165) is 50.8 Å². The number of nitrogens with one attached hydrogen (secondary N) is 1. The van der Waals surface area contributed by atoms with Gasteiger partial charge in [0.2, 0.25) is 5.91 Å². The molecule has 2 aromatic rings. The number of morpholine rings is 1. The van der Waals surface area contributed by atoms with Crippen molar-refractivity contribution in [2.75, 3.05) is 39.4 Å². The monoisotopic (exact) mass is 428 g/mol. The largest absolute Gasteiger partial charge is 0.463 e. The van der Waals surface area contributed by atoms with Crippen LogP contribution in [0.2, 0.25) is 0 Å². The standard InChI is InChI=1S/C23H32N4O4/c1-23(22(29)24-17-5-3-2-4-6-17)16-26-18-7-12-31-20(18)15-19(26)21(28)27(23)9-8-25-10-13-30-14-11-25/h7,12,15,17H,2-6,8-11,13-14,16H2,1H3,(H,24,29)/t23-/m1/s1. The zero-order chi connectivity index (χ0) is 21.4. The van der Waals surface area contributed by atoms with Gasteiger partial charge >= 0.3 is 0 Å². The highest BCUT2D eigenvalue weighted by Crippen LogP contribution is 2.33. The Morgan fingerprint density at radius 2 is 1.97 bits per heavy atom. The fraction of sp³-hybridized carbons (Fsp3) is 0.652. The van der Waals surface area contributed by atoms with Gasteiger partial charge in [0.25, 0.3) is 5.91 Å². The first-order valence-electron chi connectivity index (χ1n) is 11.6. The van der Waals surface area contributed by atoms with E-state index < -0.39 is 5.54 Å². The number of hydrogen-bond donors (Lipinski definition) is 1. The second-order valence-electron chi connectivity index (χ2n) is 9.28. The predicted octanol–water partition coefficient (Wildman–Crippen LogP) is 2.23. The van der Waals surface area contributed by atoms with E-state index in [1.54, 1.807) is 17.2 Å². The smallest absolute Gasteiger partial charge is 0.271 e. The quantitative estimate of drug-likeness (QED) is 0.790. The number of aromatic nitrogens is 1. The molecule has 8 nitrogen and oxygen atoms in total. The van der Waals surface area contributed by atoms with E-state index in [4.69, 9.17) is 9.15 Å². The number of nitrogens with zero attached hydrogens (tertiary/aromatic N) is 3. The molecule has 2 amide bonds. The first kappa shape index (κ1) is 20.6. The molecular formula is C23H32N4O4. The van der Waals surface area contributed by atoms with Crippen molar-refractivity contribution in [1.29, 1.82) is 0 Å². The average Bonchev–Trinajstić information content (AvgIpc) is 3.37. The normalized spacial score (nSPS) is 25.7. The first-order chi connectivity index (χ1) is 15.1. The fourth-order valence-electron chi connectivity index (χ4n) is 5.28. The summed E-state index contributed by atoms with van der Waals surface area (Å²) in [6, 6.07) is 3.88. The molecule has 31 heavy (non-hydrogen) atoms. The lowest BCUT2D eigenvalue weighted by molar-refractivity contribution is -0.134. The number of rotatable bonds is 5. The molecule has 1 aliphatic carbocycles. The van der Waals surface area contributed by atoms with E-state index in [9.17, 15) is 9.59 Å². The summed E-state index contributed by atoms with van der Waals surface area (Å²) in [5.41, 5.74) is 1.21. The van der Waals surface area contributed by atoms with Gasteiger partial charge in [-0.15, -0.1) is 0 Å². The third-order valence-corrected chi connectivity index (χ3v) is 7.22. The number of ether oxygens (including phenoxy) is 1. The molecular weight excluding hydrogens is 396 g/mol. The lowest BCUT2D eigenvalue weighted by Crippen LogP contribution is -2.66. The molecule has 2 aliphatic heterocycles. The Morgan fingerprint density at radius 3 is 2.74 bits per heavy atom. The molecule has 1 atom stereocenters. The van der Waals surface area contributed by atoms with Gasteiger partial charge in [0.05, 0.1) is 31.5 Å². The molecule has 0 unspecified atom stereocenters. The molecule has 5 rings (SSSR count). The minimum absolute atomic E-state index is 0.0503. The Labute approximate surface area is 182 Å². The Balaban J connectivity index is 1.43. The SMILES string of the molecule is C[C@]1(C(=O)NC2CCCCC2)Cn2c(cc3occc32)C(=O)N1CCN1CCOCC1. The highest BCUT2D eigenvalue weighted by atomic mass is 16.5. The third-order valence-electron chi connectivity index (χ3n) is 7.22. The summed E-state index contributed by atoms with van der Waals surface area (Å²) in [5, 5.41) is 3.28. The Bertz CT molecular complexity index is 954. The molecule has 1 saturated heterocycles. The highest BCUT2D eigenvalue weighted by Gasteiger charge is 2.48. The molecule has 0 radical (unpaired) electrons. The van der Waals surface area contributed by atoms with Crippen LogP contribution in [0.1, 0.15) is 49.5 Å². The highest BCUT2D eigenvalue weighted by molar-refractivity contribution is 6.02. The summed E-state index contributed by atoms with van der Waals surface area (Å²) < 4.78 is 12.9. The van der Waals surface area contributed by atoms with Gasteiger partial charge < -0.3 is 23.9 Å². The number of hydrogen-bond acceptors (Lipinski definition) is 5. The van der Waals surface area contributed by atoms with Crippen LogP contribution in [0.3, 0.4) is 0 Å². The predicted molar refractivity (Wildman–Crippen MR) is 116 cm³/mol. The Morgan fingerprint density at radius 1 is 1.19 bits per heavy atom. The topological polar surface area (TPSA) is 80.0 Å². The Kier molecular flexibility index (Phi) is 5.52. The van der Waals surface area contributed by atoms with Gasteiger partial charge in [0, 0.05) is 44.4 Å². The summed E-state index contributed by atoms with van der Waals surface area (Å²) in [7, 11) is 0. The average molecular weight is 429 g/mol. The maximum Gasteiger partial charge on any atom is 0.271 e. The molecule has 2 aromatic heterocycles. The van der Waals surface area contributed by atoms with E-state index >= 15 is 0 Å². The van der Waals surface area contributed by atoms with Gasteiger partial charge in [-0.3, -0.25) is 14.5 Å². The Hall–Kier alpha value is -2.32. The number of amides is 2. The minimum Gasteiger partial charge on any atom is -0.463 e. The zero-order valence-corrected chi connectivity index (χ0v) is 18.3. The van der Waals surface area contributed by atoms with Crippen molar-refractivity contribution in [2.45, 2.75) is 57.2 Å². The van der Waals surface area contributed by atoms with Gasteiger partial charge in [0.15, 0.2) is 5.58 Å². The fourth-order valence-corrected chi connectivity index (χ4v) is 5.28. The van der Waals surface area contributed by atoms with Crippen LogP contribution < -0.4 is 5.32 Å². The van der Waals surface area contributed by atoms with Crippen molar-refractivity contribution in [1.82, 2.24) is 19.7 Å². The van der Waals surface area contributed by atoms with Crippen LogP contribution in [-0.4, -0.2) is 77.2 Å². The molecule has 2 fully saturated rings. The third kappa shape index (κ3) is 3.76. The van der Waals surface area contributed by atoms with Crippen molar-refractivity contribution in [2.24, 2.45) is 0 Å². The number of carbonyl (C=O) groups excluding carboxylic acids is 2. The molecule has 0 spiro atoms. The summed E-state index contributed by atoms with van der Waals surface area (Å²) in [6.07, 6.45) is 7.21. The number of fused-ring (bicyclic) bond motifs is 3. The van der Waals surface area contributed by atoms with Crippen LogP contribution in [0.4, 0.5) is 0 Å². The van der Waals surface area contributed by atoms with Crippen LogP contribution in [0.5, 0.6) is 0 Å². The van der Waals surface area contributed by atoms with Crippen molar-refractivity contribution < 1.29 is 18.7 Å². The molecule has 4 heterocycles. The van der Waals surface area contributed by atoms with Gasteiger partial charge in [-0.2, -0.15) is 0 Å². The van der Waals surface area contributed by atoms with E-state index in [-0.39, 0.29) is 17.9 Å². The van der Waals surface area contributed by atoms with Crippen molar-refractivity contribution >= 4 is 22.9 Å². The van der Waals surface area contributed by atoms with Crippen LogP contribution in [0.25, 0.3) is 11.1 Å². The molecule has 8 heteroatoms. The second kappa shape index (κ2) is 8.31. The van der Waals surface area contributed by atoms with Crippen LogP contribution in [0.15, 0.2) is 22.8 Å². The summed E-state index contributed by atoms with van der Waals surface area (Å²) in [6.45, 7) is 6.74. The van der Waals surface area contributed by atoms with Crippen molar-refractivity contribution in [3.63, 3.8) is 0 Å². The van der Waals surface area contributed by atoms with E-state index in [0.29, 0.717) is 37.6 Å². The van der Waals surface area contributed by atoms with Gasteiger partial charge in [-0.05, 0) is 19.8 Å². The first-order valence-corrected chi connectivity index (χ1v) is 11.6.